The Morgan fingerprint density at radius 3 is 2.52 bits per heavy atom. The molecule has 0 aliphatic carbocycles. The van der Waals surface area contributed by atoms with Gasteiger partial charge in [0.1, 0.15) is 10.3 Å². The summed E-state index contributed by atoms with van der Waals surface area (Å²) in [6.45, 7) is 2.64. The smallest absolute Gasteiger partial charge is 0.253 e. The van der Waals surface area contributed by atoms with Gasteiger partial charge in [-0.05, 0) is 49.6 Å². The Morgan fingerprint density at radius 2 is 1.93 bits per heavy atom. The lowest BCUT2D eigenvalue weighted by atomic mass is 10.2. The van der Waals surface area contributed by atoms with Gasteiger partial charge < -0.3 is 10.2 Å². The summed E-state index contributed by atoms with van der Waals surface area (Å²) in [7, 11) is 0.322. The fourth-order valence-corrected chi connectivity index (χ4v) is 6.24. The summed E-state index contributed by atoms with van der Waals surface area (Å²) in [5.41, 5.74) is 2.07. The van der Waals surface area contributed by atoms with E-state index in [1.54, 1.807) is 12.1 Å². The third-order valence-electron chi connectivity index (χ3n) is 4.70. The molecule has 0 saturated carbocycles. The van der Waals surface area contributed by atoms with Gasteiger partial charge >= 0.3 is 0 Å². The Balaban J connectivity index is 1.67. The van der Waals surface area contributed by atoms with Gasteiger partial charge in [-0.1, -0.05) is 12.1 Å². The van der Waals surface area contributed by atoms with Gasteiger partial charge in [0.15, 0.2) is 0 Å². The number of carbonyl (C=O) groups excluding carboxylic acids is 1. The second-order valence-electron chi connectivity index (χ2n) is 6.92. The Kier molecular flexibility index (Phi) is 5.88. The Hall–Kier alpha value is -1.90. The fraction of sp³-hybridized carbons (Fsp3) is 0.421. The molecule has 1 aliphatic heterocycles. The zero-order valence-corrected chi connectivity index (χ0v) is 17.4. The molecule has 1 aromatic heterocycles. The molecule has 1 atom stereocenters. The summed E-state index contributed by atoms with van der Waals surface area (Å²) in [6, 6.07) is 10.7. The maximum absolute atomic E-state index is 12.9. The van der Waals surface area contributed by atoms with Crippen molar-refractivity contribution < 1.29 is 13.2 Å². The Labute approximate surface area is 164 Å². The number of carbonyl (C=O) groups is 1. The van der Waals surface area contributed by atoms with E-state index in [0.717, 1.165) is 16.1 Å². The average molecular weight is 408 g/mol. The number of nitrogens with one attached hydrogen (secondary N) is 1. The number of benzene rings is 1. The SMILES string of the molecule is Cc1ccc(S(=O)(=O)N2CCCC2C(=O)NCc2ccc(N(C)C)cc2)s1. The van der Waals surface area contributed by atoms with Crippen molar-refractivity contribution in [1.82, 2.24) is 9.62 Å². The van der Waals surface area contributed by atoms with E-state index in [1.807, 2.05) is 50.2 Å². The lowest BCUT2D eigenvalue weighted by Gasteiger charge is -2.22. The minimum absolute atomic E-state index is 0.235. The first-order chi connectivity index (χ1) is 12.8. The molecule has 0 radical (unpaired) electrons. The minimum atomic E-state index is -3.62. The van der Waals surface area contributed by atoms with Gasteiger partial charge in [0.05, 0.1) is 0 Å². The standard InChI is InChI=1S/C19H25N3O3S2/c1-14-6-11-18(26-14)27(24,25)22-12-4-5-17(22)19(23)20-13-15-7-9-16(10-8-15)21(2)3/h6-11,17H,4-5,12-13H2,1-3H3,(H,20,23). The number of hydrogen-bond acceptors (Lipinski definition) is 5. The molecule has 1 fully saturated rings. The minimum Gasteiger partial charge on any atom is -0.378 e. The van der Waals surface area contributed by atoms with Crippen molar-refractivity contribution in [2.45, 2.75) is 36.6 Å². The van der Waals surface area contributed by atoms with Crippen LogP contribution in [-0.4, -0.2) is 45.3 Å². The molecule has 1 N–H and O–H groups in total. The highest BCUT2D eigenvalue weighted by Crippen LogP contribution is 2.30. The predicted octanol–water partition coefficient (Wildman–Crippen LogP) is 2.59. The van der Waals surface area contributed by atoms with E-state index in [1.165, 1.54) is 15.6 Å². The molecule has 1 amide bonds. The molecule has 2 heterocycles. The molecule has 1 unspecified atom stereocenters. The summed E-state index contributed by atoms with van der Waals surface area (Å²) in [5, 5.41) is 2.89. The van der Waals surface area contributed by atoms with E-state index in [-0.39, 0.29) is 5.91 Å². The molecule has 146 valence electrons. The summed E-state index contributed by atoms with van der Waals surface area (Å²) in [6.07, 6.45) is 1.24. The third kappa shape index (κ3) is 4.34. The van der Waals surface area contributed by atoms with E-state index in [0.29, 0.717) is 30.1 Å². The maximum Gasteiger partial charge on any atom is 0.253 e. The second kappa shape index (κ2) is 8.00. The first-order valence-corrected chi connectivity index (χ1v) is 11.2. The number of thiophene rings is 1. The van der Waals surface area contributed by atoms with Crippen LogP contribution in [0.4, 0.5) is 5.69 Å². The van der Waals surface area contributed by atoms with Crippen molar-refractivity contribution in [1.29, 1.82) is 0 Å². The van der Waals surface area contributed by atoms with Gasteiger partial charge in [-0.25, -0.2) is 8.42 Å². The molecular formula is C19H25N3O3S2. The quantitative estimate of drug-likeness (QED) is 0.799. The first-order valence-electron chi connectivity index (χ1n) is 8.91. The number of nitrogens with zero attached hydrogens (tertiary/aromatic N) is 2. The molecular weight excluding hydrogens is 382 g/mol. The molecule has 1 aromatic carbocycles. The van der Waals surface area contributed by atoms with Crippen LogP contribution in [0, 0.1) is 6.92 Å². The number of aryl methyl sites for hydroxylation is 1. The van der Waals surface area contributed by atoms with E-state index in [2.05, 4.69) is 5.32 Å². The number of rotatable bonds is 6. The van der Waals surface area contributed by atoms with Crippen LogP contribution in [0.15, 0.2) is 40.6 Å². The molecule has 1 aliphatic rings. The van der Waals surface area contributed by atoms with Gasteiger partial charge in [-0.15, -0.1) is 11.3 Å². The van der Waals surface area contributed by atoms with Crippen molar-refractivity contribution in [2.24, 2.45) is 0 Å². The highest BCUT2D eigenvalue weighted by Gasteiger charge is 2.39. The number of hydrogen-bond donors (Lipinski definition) is 1. The van der Waals surface area contributed by atoms with Crippen molar-refractivity contribution in [3.8, 4) is 0 Å². The molecule has 1 saturated heterocycles. The Bertz CT molecular complexity index is 905. The van der Waals surface area contributed by atoms with E-state index in [4.69, 9.17) is 0 Å². The molecule has 0 spiro atoms. The number of anilines is 1. The molecule has 6 nitrogen and oxygen atoms in total. The van der Waals surface area contributed by atoms with Gasteiger partial charge in [-0.3, -0.25) is 4.79 Å². The average Bonchev–Trinajstić information content (AvgIpc) is 3.29. The zero-order chi connectivity index (χ0) is 19.6. The molecule has 2 aromatic rings. The molecule has 3 rings (SSSR count). The number of sulfonamides is 1. The lowest BCUT2D eigenvalue weighted by molar-refractivity contribution is -0.124. The van der Waals surface area contributed by atoms with Crippen LogP contribution in [0.1, 0.15) is 23.3 Å². The van der Waals surface area contributed by atoms with Crippen molar-refractivity contribution >= 4 is 33.0 Å². The number of amides is 1. The largest absolute Gasteiger partial charge is 0.378 e. The molecule has 0 bridgehead atoms. The highest BCUT2D eigenvalue weighted by atomic mass is 32.2. The highest BCUT2D eigenvalue weighted by molar-refractivity contribution is 7.91. The van der Waals surface area contributed by atoms with Crippen LogP contribution in [0.2, 0.25) is 0 Å². The van der Waals surface area contributed by atoms with Crippen LogP contribution < -0.4 is 10.2 Å². The predicted molar refractivity (Wildman–Crippen MR) is 109 cm³/mol. The summed E-state index contributed by atoms with van der Waals surface area (Å²) >= 11 is 1.24. The topological polar surface area (TPSA) is 69.7 Å². The van der Waals surface area contributed by atoms with Gasteiger partial charge in [0.2, 0.25) is 5.91 Å². The second-order valence-corrected chi connectivity index (χ2v) is 10.3. The monoisotopic (exact) mass is 407 g/mol. The van der Waals surface area contributed by atoms with Gasteiger partial charge in [0, 0.05) is 37.7 Å². The maximum atomic E-state index is 12.9. The van der Waals surface area contributed by atoms with Crippen LogP contribution in [0.25, 0.3) is 0 Å². The third-order valence-corrected chi connectivity index (χ3v) is 8.08. The van der Waals surface area contributed by atoms with Crippen molar-refractivity contribution in [3.63, 3.8) is 0 Å². The summed E-state index contributed by atoms with van der Waals surface area (Å²) in [5.74, 6) is -0.235. The summed E-state index contributed by atoms with van der Waals surface area (Å²) < 4.78 is 27.4. The lowest BCUT2D eigenvalue weighted by Crippen LogP contribution is -2.45. The van der Waals surface area contributed by atoms with E-state index in [9.17, 15) is 13.2 Å². The molecule has 8 heteroatoms. The Morgan fingerprint density at radius 1 is 1.22 bits per heavy atom. The first kappa shape index (κ1) is 19.9. The van der Waals surface area contributed by atoms with Crippen LogP contribution in [-0.2, 0) is 21.4 Å². The summed E-state index contributed by atoms with van der Waals surface area (Å²) in [4.78, 5) is 15.6. The van der Waals surface area contributed by atoms with Crippen LogP contribution >= 0.6 is 11.3 Å². The normalized spacial score (nSPS) is 17.8. The van der Waals surface area contributed by atoms with Gasteiger partial charge in [-0.2, -0.15) is 4.31 Å². The van der Waals surface area contributed by atoms with Crippen molar-refractivity contribution in [3.05, 3.63) is 46.8 Å². The van der Waals surface area contributed by atoms with E-state index >= 15 is 0 Å². The van der Waals surface area contributed by atoms with Gasteiger partial charge in [0.25, 0.3) is 10.0 Å². The van der Waals surface area contributed by atoms with E-state index < -0.39 is 16.1 Å². The van der Waals surface area contributed by atoms with Crippen molar-refractivity contribution in [2.75, 3.05) is 25.5 Å². The molecule has 27 heavy (non-hydrogen) atoms. The van der Waals surface area contributed by atoms with Crippen LogP contribution in [0.5, 0.6) is 0 Å². The van der Waals surface area contributed by atoms with Crippen LogP contribution in [0.3, 0.4) is 0 Å². The zero-order valence-electron chi connectivity index (χ0n) is 15.8. The fourth-order valence-electron chi connectivity index (χ4n) is 3.18.